The molecule has 3 aromatic rings. The van der Waals surface area contributed by atoms with E-state index in [-0.39, 0.29) is 11.8 Å². The maximum Gasteiger partial charge on any atom is 0.271 e. The molecule has 0 unspecified atom stereocenters. The first-order valence-corrected chi connectivity index (χ1v) is 9.87. The molecule has 0 bridgehead atoms. The van der Waals surface area contributed by atoms with Gasteiger partial charge in [0.15, 0.2) is 0 Å². The first-order valence-electron chi connectivity index (χ1n) is 8.70. The van der Waals surface area contributed by atoms with Gasteiger partial charge in [0.1, 0.15) is 0 Å². The van der Waals surface area contributed by atoms with Gasteiger partial charge >= 0.3 is 0 Å². The largest absolute Gasteiger partial charge is 0.322 e. The highest BCUT2D eigenvalue weighted by molar-refractivity contribution is 9.10. The number of halogens is 2. The molecule has 0 aliphatic carbocycles. The van der Waals surface area contributed by atoms with Gasteiger partial charge in [0.05, 0.1) is 5.71 Å². The summed E-state index contributed by atoms with van der Waals surface area (Å²) in [6.45, 7) is 1.79. The summed E-state index contributed by atoms with van der Waals surface area (Å²) in [6.07, 6.45) is 0. The Labute approximate surface area is 181 Å². The Hall–Kier alpha value is -2.96. The zero-order valence-electron chi connectivity index (χ0n) is 15.4. The van der Waals surface area contributed by atoms with Crippen molar-refractivity contribution in [1.82, 2.24) is 5.43 Å². The molecule has 7 heteroatoms. The van der Waals surface area contributed by atoms with Crippen LogP contribution in [-0.2, 0) is 0 Å². The highest BCUT2D eigenvalue weighted by Gasteiger charge is 2.07. The number of amides is 2. The molecule has 2 N–H and O–H groups in total. The predicted octanol–water partition coefficient (Wildman–Crippen LogP) is 5.51. The molecule has 0 aromatic heterocycles. The van der Waals surface area contributed by atoms with Crippen LogP contribution >= 0.6 is 27.5 Å². The van der Waals surface area contributed by atoms with Crippen LogP contribution < -0.4 is 10.7 Å². The van der Waals surface area contributed by atoms with E-state index in [1.807, 2.05) is 12.1 Å². The minimum atomic E-state index is -0.288. The van der Waals surface area contributed by atoms with Gasteiger partial charge in [-0.2, -0.15) is 5.10 Å². The van der Waals surface area contributed by atoms with E-state index in [4.69, 9.17) is 11.6 Å². The van der Waals surface area contributed by atoms with Crippen molar-refractivity contribution in [3.8, 4) is 0 Å². The first-order chi connectivity index (χ1) is 13.9. The lowest BCUT2D eigenvalue weighted by Crippen LogP contribution is -2.19. The molecule has 0 aliphatic rings. The minimum absolute atomic E-state index is 0.221. The van der Waals surface area contributed by atoms with E-state index in [9.17, 15) is 9.59 Å². The lowest BCUT2D eigenvalue weighted by atomic mass is 10.1. The Morgan fingerprint density at radius 3 is 1.93 bits per heavy atom. The Morgan fingerprint density at radius 2 is 1.31 bits per heavy atom. The van der Waals surface area contributed by atoms with Gasteiger partial charge in [-0.15, -0.1) is 0 Å². The normalized spacial score (nSPS) is 11.1. The molecule has 0 radical (unpaired) electrons. The van der Waals surface area contributed by atoms with E-state index in [2.05, 4.69) is 31.8 Å². The number of hydrogen-bond donors (Lipinski definition) is 2. The molecule has 3 rings (SSSR count). The van der Waals surface area contributed by atoms with Crippen LogP contribution in [0.25, 0.3) is 0 Å². The Morgan fingerprint density at radius 1 is 0.793 bits per heavy atom. The summed E-state index contributed by atoms with van der Waals surface area (Å²) in [5.41, 5.74) is 5.70. The molecule has 0 heterocycles. The topological polar surface area (TPSA) is 70.6 Å². The van der Waals surface area contributed by atoms with Crippen LogP contribution in [0, 0.1) is 0 Å². The maximum atomic E-state index is 12.2. The molecule has 5 nitrogen and oxygen atoms in total. The molecule has 0 aliphatic heterocycles. The number of benzene rings is 3. The van der Waals surface area contributed by atoms with Crippen LogP contribution in [0.15, 0.2) is 82.4 Å². The monoisotopic (exact) mass is 469 g/mol. The average molecular weight is 471 g/mol. The van der Waals surface area contributed by atoms with Crippen LogP contribution in [0.5, 0.6) is 0 Å². The van der Waals surface area contributed by atoms with E-state index in [0.717, 1.165) is 10.0 Å². The van der Waals surface area contributed by atoms with Gasteiger partial charge in [-0.1, -0.05) is 39.7 Å². The summed E-state index contributed by atoms with van der Waals surface area (Å²) >= 11 is 9.17. The van der Waals surface area contributed by atoms with Gasteiger partial charge in [0.2, 0.25) is 0 Å². The van der Waals surface area contributed by atoms with E-state index in [1.54, 1.807) is 67.6 Å². The summed E-state index contributed by atoms with van der Waals surface area (Å²) in [7, 11) is 0. The molecule has 3 aromatic carbocycles. The minimum Gasteiger partial charge on any atom is -0.322 e. The molecule has 0 fully saturated rings. The second-order valence-electron chi connectivity index (χ2n) is 6.18. The molecule has 146 valence electrons. The number of anilines is 1. The fourth-order valence-electron chi connectivity index (χ4n) is 2.46. The van der Waals surface area contributed by atoms with Crippen LogP contribution in [0.2, 0.25) is 5.02 Å². The van der Waals surface area contributed by atoms with Crippen molar-refractivity contribution in [3.05, 3.63) is 99.0 Å². The maximum absolute atomic E-state index is 12.2. The number of carbonyl (C=O) groups is 2. The summed E-state index contributed by atoms with van der Waals surface area (Å²) in [5.74, 6) is -0.509. The third kappa shape index (κ3) is 5.76. The Balaban J connectivity index is 1.62. The lowest BCUT2D eigenvalue weighted by molar-refractivity contribution is 0.0954. The molecule has 0 spiro atoms. The molecule has 0 saturated carbocycles. The highest BCUT2D eigenvalue weighted by atomic mass is 79.9. The van der Waals surface area contributed by atoms with E-state index in [1.165, 1.54) is 0 Å². The molecule has 2 amide bonds. The second-order valence-corrected chi connectivity index (χ2v) is 7.54. The number of nitrogens with zero attached hydrogens (tertiary/aromatic N) is 1. The summed E-state index contributed by atoms with van der Waals surface area (Å²) in [4.78, 5) is 24.4. The van der Waals surface area contributed by atoms with Crippen molar-refractivity contribution in [2.24, 2.45) is 5.10 Å². The molecule has 0 atom stereocenters. The summed E-state index contributed by atoms with van der Waals surface area (Å²) in [5, 5.41) is 7.55. The fourth-order valence-corrected chi connectivity index (χ4v) is 2.85. The predicted molar refractivity (Wildman–Crippen MR) is 120 cm³/mol. The summed E-state index contributed by atoms with van der Waals surface area (Å²) in [6, 6.07) is 20.9. The molecular weight excluding hydrogens is 454 g/mol. The lowest BCUT2D eigenvalue weighted by Gasteiger charge is -2.07. The van der Waals surface area contributed by atoms with Gasteiger partial charge in [-0.3, -0.25) is 9.59 Å². The highest BCUT2D eigenvalue weighted by Crippen LogP contribution is 2.14. The van der Waals surface area contributed by atoms with E-state index < -0.39 is 0 Å². The van der Waals surface area contributed by atoms with Crippen LogP contribution in [0.3, 0.4) is 0 Å². The number of hydrazone groups is 1. The molecule has 0 saturated heterocycles. The molecular formula is C22H17BrClN3O2. The number of carbonyl (C=O) groups excluding carboxylic acids is 2. The average Bonchev–Trinajstić information content (AvgIpc) is 2.73. The SMILES string of the molecule is C/C(=N/NC(=O)c1ccc(Br)cc1)c1ccc(NC(=O)c2ccc(Cl)cc2)cc1. The van der Waals surface area contributed by atoms with Crippen molar-refractivity contribution in [2.75, 3.05) is 5.32 Å². The van der Waals surface area contributed by atoms with Crippen LogP contribution in [0.4, 0.5) is 5.69 Å². The van der Waals surface area contributed by atoms with Crippen molar-refractivity contribution in [3.63, 3.8) is 0 Å². The zero-order valence-corrected chi connectivity index (χ0v) is 17.8. The van der Waals surface area contributed by atoms with Crippen LogP contribution in [-0.4, -0.2) is 17.5 Å². The van der Waals surface area contributed by atoms with Gasteiger partial charge in [-0.05, 0) is 73.2 Å². The first kappa shape index (κ1) is 20.8. The third-order valence-corrected chi connectivity index (χ3v) is 4.88. The van der Waals surface area contributed by atoms with E-state index >= 15 is 0 Å². The van der Waals surface area contributed by atoms with Crippen LogP contribution in [0.1, 0.15) is 33.2 Å². The number of hydrogen-bond acceptors (Lipinski definition) is 3. The third-order valence-electron chi connectivity index (χ3n) is 4.10. The fraction of sp³-hybridized carbons (Fsp3) is 0.0455. The van der Waals surface area contributed by atoms with Crippen molar-refractivity contribution in [1.29, 1.82) is 0 Å². The Kier molecular flexibility index (Phi) is 6.80. The van der Waals surface area contributed by atoms with E-state index in [0.29, 0.717) is 27.5 Å². The quantitative estimate of drug-likeness (QED) is 0.381. The summed E-state index contributed by atoms with van der Waals surface area (Å²) < 4.78 is 0.900. The van der Waals surface area contributed by atoms with Gasteiger partial charge in [0.25, 0.3) is 11.8 Å². The van der Waals surface area contributed by atoms with Crippen molar-refractivity contribution >= 4 is 50.7 Å². The second kappa shape index (κ2) is 9.49. The van der Waals surface area contributed by atoms with Crippen molar-refractivity contribution in [2.45, 2.75) is 6.92 Å². The van der Waals surface area contributed by atoms with Crippen molar-refractivity contribution < 1.29 is 9.59 Å². The number of nitrogens with one attached hydrogen (secondary N) is 2. The van der Waals surface area contributed by atoms with Gasteiger partial charge < -0.3 is 5.32 Å². The number of rotatable bonds is 5. The standard InChI is InChI=1S/C22H17BrClN3O2/c1-14(26-27-22(29)17-2-8-18(23)9-3-17)15-6-12-20(13-7-15)25-21(28)16-4-10-19(24)11-5-16/h2-13H,1H3,(H,25,28)(H,27,29)/b26-14-. The van der Waals surface area contributed by atoms with Gasteiger partial charge in [-0.25, -0.2) is 5.43 Å². The molecule has 29 heavy (non-hydrogen) atoms. The Bertz CT molecular complexity index is 1050. The smallest absolute Gasteiger partial charge is 0.271 e. The zero-order chi connectivity index (χ0) is 20.8. The van der Waals surface area contributed by atoms with Gasteiger partial charge in [0, 0.05) is 26.3 Å².